The topological polar surface area (TPSA) is 81.3 Å². The quantitative estimate of drug-likeness (QED) is 0.729. The SMILES string of the molecule is COc1ccc(CCOC(=O)c2n[nH]c(=O)c3ccccc23)cc1. The predicted octanol–water partition coefficient (Wildman–Crippen LogP) is 2.33. The summed E-state index contributed by atoms with van der Waals surface area (Å²) in [6.45, 7) is 0.223. The molecular formula is C18H16N2O4. The molecule has 6 nitrogen and oxygen atoms in total. The number of nitrogens with one attached hydrogen (secondary N) is 1. The number of ether oxygens (including phenoxy) is 2. The average Bonchev–Trinajstić information content (AvgIpc) is 2.63. The third kappa shape index (κ3) is 3.27. The molecule has 0 fully saturated rings. The summed E-state index contributed by atoms with van der Waals surface area (Å²) in [5, 5.41) is 7.04. The number of benzene rings is 2. The minimum Gasteiger partial charge on any atom is -0.497 e. The van der Waals surface area contributed by atoms with Gasteiger partial charge in [-0.05, 0) is 23.8 Å². The summed E-state index contributed by atoms with van der Waals surface area (Å²) in [6.07, 6.45) is 0.580. The van der Waals surface area contributed by atoms with E-state index in [2.05, 4.69) is 10.2 Å². The van der Waals surface area contributed by atoms with Gasteiger partial charge in [0.15, 0.2) is 5.69 Å². The minimum absolute atomic E-state index is 0.111. The summed E-state index contributed by atoms with van der Waals surface area (Å²) in [5.41, 5.74) is 0.809. The fourth-order valence-corrected chi connectivity index (χ4v) is 2.39. The van der Waals surface area contributed by atoms with Crippen molar-refractivity contribution in [3.63, 3.8) is 0 Å². The van der Waals surface area contributed by atoms with Crippen LogP contribution < -0.4 is 10.3 Å². The number of hydrogen-bond donors (Lipinski definition) is 1. The van der Waals surface area contributed by atoms with Gasteiger partial charge in [-0.15, -0.1) is 0 Å². The van der Waals surface area contributed by atoms with E-state index in [0.29, 0.717) is 17.2 Å². The first-order chi connectivity index (χ1) is 11.7. The van der Waals surface area contributed by atoms with Crippen LogP contribution in [0.5, 0.6) is 5.75 Å². The van der Waals surface area contributed by atoms with E-state index < -0.39 is 5.97 Å². The molecule has 2 aromatic carbocycles. The lowest BCUT2D eigenvalue weighted by Gasteiger charge is -2.07. The van der Waals surface area contributed by atoms with Gasteiger partial charge in [-0.3, -0.25) is 4.79 Å². The van der Waals surface area contributed by atoms with Crippen LogP contribution in [-0.4, -0.2) is 29.9 Å². The molecule has 1 heterocycles. The molecule has 0 unspecified atom stereocenters. The zero-order valence-electron chi connectivity index (χ0n) is 13.1. The number of rotatable bonds is 5. The molecule has 0 radical (unpaired) electrons. The molecule has 122 valence electrons. The summed E-state index contributed by atoms with van der Waals surface area (Å²) in [6, 6.07) is 14.3. The number of methoxy groups -OCH3 is 1. The Balaban J connectivity index is 1.69. The van der Waals surface area contributed by atoms with Crippen molar-refractivity contribution in [1.82, 2.24) is 10.2 Å². The summed E-state index contributed by atoms with van der Waals surface area (Å²) < 4.78 is 10.4. The Kier molecular flexibility index (Phi) is 4.56. The van der Waals surface area contributed by atoms with E-state index in [1.54, 1.807) is 31.4 Å². The smallest absolute Gasteiger partial charge is 0.359 e. The number of hydrogen-bond acceptors (Lipinski definition) is 5. The molecule has 3 rings (SSSR count). The van der Waals surface area contributed by atoms with E-state index in [-0.39, 0.29) is 17.9 Å². The molecule has 0 bridgehead atoms. The highest BCUT2D eigenvalue weighted by atomic mass is 16.5. The number of carbonyl (C=O) groups is 1. The van der Waals surface area contributed by atoms with Gasteiger partial charge in [0.25, 0.3) is 5.56 Å². The normalized spacial score (nSPS) is 10.5. The van der Waals surface area contributed by atoms with Gasteiger partial charge in [0.05, 0.1) is 19.1 Å². The van der Waals surface area contributed by atoms with Crippen molar-refractivity contribution >= 4 is 16.7 Å². The van der Waals surface area contributed by atoms with Crippen molar-refractivity contribution in [1.29, 1.82) is 0 Å². The minimum atomic E-state index is -0.559. The van der Waals surface area contributed by atoms with Gasteiger partial charge in [-0.2, -0.15) is 5.10 Å². The van der Waals surface area contributed by atoms with Gasteiger partial charge in [0, 0.05) is 11.8 Å². The van der Waals surface area contributed by atoms with Crippen molar-refractivity contribution < 1.29 is 14.3 Å². The highest BCUT2D eigenvalue weighted by Gasteiger charge is 2.15. The lowest BCUT2D eigenvalue weighted by Crippen LogP contribution is -2.16. The summed E-state index contributed by atoms with van der Waals surface area (Å²) >= 11 is 0. The molecule has 0 amide bonds. The lowest BCUT2D eigenvalue weighted by molar-refractivity contribution is 0.0503. The zero-order chi connectivity index (χ0) is 16.9. The second kappa shape index (κ2) is 6.95. The molecule has 3 aromatic rings. The fourth-order valence-electron chi connectivity index (χ4n) is 2.39. The Labute approximate surface area is 138 Å². The maximum absolute atomic E-state index is 12.2. The van der Waals surface area contributed by atoms with Gasteiger partial charge < -0.3 is 9.47 Å². The zero-order valence-corrected chi connectivity index (χ0v) is 13.1. The van der Waals surface area contributed by atoms with Gasteiger partial charge in [-0.25, -0.2) is 9.89 Å². The first kappa shape index (κ1) is 15.7. The summed E-state index contributed by atoms with van der Waals surface area (Å²) in [7, 11) is 1.61. The van der Waals surface area contributed by atoms with E-state index in [1.807, 2.05) is 24.3 Å². The van der Waals surface area contributed by atoms with Crippen LogP contribution in [0.3, 0.4) is 0 Å². The van der Waals surface area contributed by atoms with E-state index in [4.69, 9.17) is 9.47 Å². The molecule has 0 aliphatic heterocycles. The van der Waals surface area contributed by atoms with Crippen molar-refractivity contribution in [2.45, 2.75) is 6.42 Å². The average molecular weight is 324 g/mol. The molecule has 0 atom stereocenters. The van der Waals surface area contributed by atoms with Crippen LogP contribution >= 0.6 is 0 Å². The van der Waals surface area contributed by atoms with Gasteiger partial charge in [0.1, 0.15) is 5.75 Å². The highest BCUT2D eigenvalue weighted by Crippen LogP contribution is 2.14. The van der Waals surface area contributed by atoms with E-state index in [1.165, 1.54) is 0 Å². The Hall–Kier alpha value is -3.15. The van der Waals surface area contributed by atoms with E-state index in [9.17, 15) is 9.59 Å². The highest BCUT2D eigenvalue weighted by molar-refractivity contribution is 6.01. The Morgan fingerprint density at radius 2 is 1.79 bits per heavy atom. The Morgan fingerprint density at radius 1 is 1.08 bits per heavy atom. The Bertz CT molecular complexity index is 916. The molecule has 0 aliphatic rings. The molecule has 1 aromatic heterocycles. The second-order valence-corrected chi connectivity index (χ2v) is 5.18. The predicted molar refractivity (Wildman–Crippen MR) is 89.3 cm³/mol. The molecular weight excluding hydrogens is 308 g/mol. The van der Waals surface area contributed by atoms with Crippen molar-refractivity contribution in [2.75, 3.05) is 13.7 Å². The van der Waals surface area contributed by atoms with Crippen molar-refractivity contribution in [3.05, 3.63) is 70.1 Å². The van der Waals surface area contributed by atoms with E-state index >= 15 is 0 Å². The number of aromatic nitrogens is 2. The van der Waals surface area contributed by atoms with Crippen LogP contribution in [0.1, 0.15) is 16.1 Å². The molecule has 24 heavy (non-hydrogen) atoms. The maximum Gasteiger partial charge on any atom is 0.359 e. The van der Waals surface area contributed by atoms with Gasteiger partial charge in [0.2, 0.25) is 0 Å². The second-order valence-electron chi connectivity index (χ2n) is 5.18. The third-order valence-corrected chi connectivity index (χ3v) is 3.67. The van der Waals surface area contributed by atoms with Gasteiger partial charge >= 0.3 is 5.97 Å². The largest absolute Gasteiger partial charge is 0.497 e. The number of carbonyl (C=O) groups excluding carboxylic acids is 1. The standard InChI is InChI=1S/C18H16N2O4/c1-23-13-8-6-12(7-9-13)10-11-24-18(22)16-14-4-2-3-5-15(14)17(21)20-19-16/h2-9H,10-11H2,1H3,(H,20,21). The number of esters is 1. The number of H-pyrrole nitrogens is 1. The third-order valence-electron chi connectivity index (χ3n) is 3.67. The molecule has 0 spiro atoms. The monoisotopic (exact) mass is 324 g/mol. The number of nitrogens with zero attached hydrogens (tertiary/aromatic N) is 1. The molecule has 1 N–H and O–H groups in total. The molecule has 6 heteroatoms. The van der Waals surface area contributed by atoms with Crippen LogP contribution in [0.15, 0.2) is 53.3 Å². The van der Waals surface area contributed by atoms with Crippen LogP contribution in [0.2, 0.25) is 0 Å². The Morgan fingerprint density at radius 3 is 2.50 bits per heavy atom. The first-order valence-corrected chi connectivity index (χ1v) is 7.46. The van der Waals surface area contributed by atoms with Gasteiger partial charge in [-0.1, -0.05) is 30.3 Å². The van der Waals surface area contributed by atoms with Crippen LogP contribution in [0, 0.1) is 0 Å². The fraction of sp³-hybridized carbons (Fsp3) is 0.167. The van der Waals surface area contributed by atoms with Crippen LogP contribution in [0.4, 0.5) is 0 Å². The van der Waals surface area contributed by atoms with Crippen LogP contribution in [0.25, 0.3) is 10.8 Å². The van der Waals surface area contributed by atoms with Crippen LogP contribution in [-0.2, 0) is 11.2 Å². The summed E-state index contributed by atoms with van der Waals surface area (Å²) in [4.78, 5) is 24.0. The maximum atomic E-state index is 12.2. The van der Waals surface area contributed by atoms with Crippen molar-refractivity contribution in [2.24, 2.45) is 0 Å². The van der Waals surface area contributed by atoms with Crippen molar-refractivity contribution in [3.8, 4) is 5.75 Å². The molecule has 0 saturated heterocycles. The first-order valence-electron chi connectivity index (χ1n) is 7.46. The number of fused-ring (bicyclic) bond motifs is 1. The lowest BCUT2D eigenvalue weighted by atomic mass is 10.1. The number of aromatic amines is 1. The van der Waals surface area contributed by atoms with E-state index in [0.717, 1.165) is 11.3 Å². The molecule has 0 aliphatic carbocycles. The summed E-state index contributed by atoms with van der Waals surface area (Å²) in [5.74, 6) is 0.218. The molecule has 0 saturated carbocycles.